The molecule has 0 saturated heterocycles. The van der Waals surface area contributed by atoms with Crippen molar-refractivity contribution >= 4 is 141 Å². The van der Waals surface area contributed by atoms with E-state index in [1.165, 1.54) is 0 Å². The Hall–Kier alpha value is -10.7. The number of para-hydroxylation sites is 3. The van der Waals surface area contributed by atoms with Gasteiger partial charge in [-0.25, -0.2) is 4.98 Å². The third kappa shape index (κ3) is 8.20. The second kappa shape index (κ2) is 20.2. The number of rotatable bonds is 2. The molecule has 7 heterocycles. The minimum Gasteiger partial charge on any atom is -0.509 e. The van der Waals surface area contributed by atoms with E-state index in [0.717, 1.165) is 136 Å². The zero-order chi connectivity index (χ0) is 62.7. The van der Waals surface area contributed by atoms with E-state index in [4.69, 9.17) is 13.5 Å². The molecule has 89 heavy (non-hydrogen) atoms. The number of imidazole rings is 1. The van der Waals surface area contributed by atoms with Crippen LogP contribution in [0.4, 0.5) is 0 Å². The zero-order valence-corrected chi connectivity index (χ0v) is 50.7. The fourth-order valence-electron chi connectivity index (χ4n) is 13.8. The molecule has 3 aliphatic heterocycles. The average molecular weight is 1320 g/mol. The maximum atomic E-state index is 9.45. The zero-order valence-electron chi connectivity index (χ0n) is 53.5. The summed E-state index contributed by atoms with van der Waals surface area (Å²) in [6.45, 7) is 6.64. The molecule has 19 rings (SSSR count). The van der Waals surface area contributed by atoms with E-state index < -0.39 is 18.1 Å². The number of benzene rings is 12. The Morgan fingerprint density at radius 1 is 0.461 bits per heavy atom. The van der Waals surface area contributed by atoms with Gasteiger partial charge in [0.2, 0.25) is 0 Å². The Labute approximate surface area is 533 Å². The van der Waals surface area contributed by atoms with Gasteiger partial charge in [-0.05, 0) is 141 Å². The van der Waals surface area contributed by atoms with Gasteiger partial charge in [-0.3, -0.25) is 4.57 Å². The van der Waals surface area contributed by atoms with Gasteiger partial charge in [0.25, 0.3) is 6.33 Å². The first-order chi connectivity index (χ1) is 45.3. The summed E-state index contributed by atoms with van der Waals surface area (Å²) >= 11 is 0. The van der Waals surface area contributed by atoms with Crippen molar-refractivity contribution in [2.24, 2.45) is 0 Å². The quantitative estimate of drug-likeness (QED) is 0.128. The standard InChI is InChI=1S/C82H53N5O.Pt/c1-82(2,3)55-40-41-83-79(46-55)87-74-37-16-14-33-67(74)70-48-71-61-27-8-7-26-59(61)53-38-39-75-69(43-53)66-32-13-15-36-73(66)86(75)57-24-17-22-52(42-57)60-34-19-35-68-64-30-11-9-28-62(64)63-29-10-12-31-65(63)72-44-54(51-20-5-4-6-21-51)45-77-81(72)85(80(60)68)50-84(77)56-23-18-25-58(47-56)88-78(71)49-76(70)87;/h4-46,48H,1-3H3;/q-2;/i4D,5D,6D,20D,21D;. The number of pyridine rings is 1. The van der Waals surface area contributed by atoms with E-state index in [1.54, 1.807) is 0 Å². The number of nitrogens with zero attached hydrogens (tertiary/aromatic N) is 5. The predicted molar refractivity (Wildman–Crippen MR) is 365 cm³/mol. The minimum absolute atomic E-state index is 0. The molecule has 0 unspecified atom stereocenters. The molecule has 12 aromatic carbocycles. The van der Waals surface area contributed by atoms with Crippen LogP contribution in [0.3, 0.4) is 0 Å². The van der Waals surface area contributed by atoms with Gasteiger partial charge in [-0.2, -0.15) is 18.2 Å². The van der Waals surface area contributed by atoms with Crippen LogP contribution in [0, 0.1) is 18.5 Å². The summed E-state index contributed by atoms with van der Waals surface area (Å²) in [5, 5.41) is 15.6. The van der Waals surface area contributed by atoms with Gasteiger partial charge in [0, 0.05) is 60.2 Å². The SMILES string of the molecule is [2H]c1c([2H])c([2H])c(-c2cc3c4ccccc4c4ccccc4c4cccc5c4-[n+]4[c-]n(c6[c-]c(ccc6)oc6[c-]c7c(cc6c6ccccc6c6ccc8c(c6)c6ccccc6n8c6cccc5c6)c5ccccc5n7-c5cc(C(C)(C)C)ccn5)c(c2)c34)c([2H])c1[2H].[Pt]. The van der Waals surface area contributed by atoms with Crippen molar-refractivity contribution in [3.8, 4) is 22.6 Å². The van der Waals surface area contributed by atoms with E-state index in [9.17, 15) is 2.74 Å². The molecule has 0 radical (unpaired) electrons. The molecular weight excluding hydrogens is 1270 g/mol. The fourth-order valence-corrected chi connectivity index (χ4v) is 13.8. The van der Waals surface area contributed by atoms with Crippen molar-refractivity contribution in [2.75, 3.05) is 0 Å². The Bertz CT molecular complexity index is 6480. The van der Waals surface area contributed by atoms with Crippen LogP contribution in [-0.2, 0) is 26.5 Å². The second-order valence-corrected chi connectivity index (χ2v) is 23.9. The first kappa shape index (κ1) is 47.5. The first-order valence-electron chi connectivity index (χ1n) is 32.2. The molecule has 16 aromatic rings. The van der Waals surface area contributed by atoms with Crippen LogP contribution in [-0.4, -0.2) is 18.4 Å². The number of hydrogen-bond donors (Lipinski definition) is 0. The predicted octanol–water partition coefficient (Wildman–Crippen LogP) is 20.7. The molecule has 0 fully saturated rings. The van der Waals surface area contributed by atoms with Crippen molar-refractivity contribution < 1.29 is 36.9 Å². The smallest absolute Gasteiger partial charge is 0.268 e. The van der Waals surface area contributed by atoms with Crippen molar-refractivity contribution in [1.82, 2.24) is 18.4 Å². The molecule has 424 valence electrons. The Morgan fingerprint density at radius 3 is 1.84 bits per heavy atom. The van der Waals surface area contributed by atoms with Gasteiger partial charge >= 0.3 is 0 Å². The Balaban J connectivity index is 0.00000672. The van der Waals surface area contributed by atoms with E-state index >= 15 is 0 Å². The summed E-state index contributed by atoms with van der Waals surface area (Å²) in [5.41, 5.74) is 10.1. The van der Waals surface area contributed by atoms with Crippen molar-refractivity contribution in [3.63, 3.8) is 0 Å². The maximum Gasteiger partial charge on any atom is 0.268 e. The number of aromatic nitrogens is 5. The van der Waals surface area contributed by atoms with Crippen LogP contribution in [0.2, 0.25) is 0 Å². The summed E-state index contributed by atoms with van der Waals surface area (Å²) < 4.78 is 61.6. The van der Waals surface area contributed by atoms with Crippen LogP contribution in [0.25, 0.3) is 164 Å². The minimum atomic E-state index is -0.461. The summed E-state index contributed by atoms with van der Waals surface area (Å²) in [6.07, 6.45) is 5.83. The first-order valence-corrected chi connectivity index (χ1v) is 29.7. The van der Waals surface area contributed by atoms with Crippen LogP contribution in [0.5, 0.6) is 0 Å². The molecule has 0 atom stereocenters. The third-order valence-corrected chi connectivity index (χ3v) is 17.9. The molecule has 4 aromatic heterocycles. The van der Waals surface area contributed by atoms with E-state index in [1.807, 2.05) is 47.0 Å². The molecule has 3 aliphatic rings. The van der Waals surface area contributed by atoms with Crippen LogP contribution in [0.15, 0.2) is 271 Å². The summed E-state index contributed by atoms with van der Waals surface area (Å²) in [7, 11) is 0. The van der Waals surface area contributed by atoms with Gasteiger partial charge in [-0.1, -0.05) is 219 Å². The van der Waals surface area contributed by atoms with Crippen LogP contribution in [0.1, 0.15) is 33.2 Å². The second-order valence-electron chi connectivity index (χ2n) is 23.9. The molecule has 10 bridgehead atoms. The van der Waals surface area contributed by atoms with Crippen molar-refractivity contribution in [2.45, 2.75) is 26.2 Å². The molecule has 0 saturated carbocycles. The molecular formula is C82H53N5OPt-2. The number of fused-ring (bicyclic) bond motifs is 10. The molecule has 0 N–H and O–H groups in total. The van der Waals surface area contributed by atoms with Crippen LogP contribution >= 0.6 is 0 Å². The Morgan fingerprint density at radius 2 is 1.08 bits per heavy atom. The monoisotopic (exact) mass is 1320 g/mol. The van der Waals surface area contributed by atoms with Gasteiger partial charge in [0.1, 0.15) is 5.82 Å². The van der Waals surface area contributed by atoms with Crippen molar-refractivity contribution in [1.29, 1.82) is 0 Å². The van der Waals surface area contributed by atoms with Gasteiger partial charge in [-0.15, -0.1) is 23.6 Å². The summed E-state index contributed by atoms with van der Waals surface area (Å²) in [6, 6.07) is 86.6. The molecule has 0 amide bonds. The van der Waals surface area contributed by atoms with Gasteiger partial charge in [0.05, 0.1) is 34.6 Å². The van der Waals surface area contributed by atoms with Gasteiger partial charge < -0.3 is 17.8 Å². The molecule has 7 heteroatoms. The maximum absolute atomic E-state index is 9.45. The summed E-state index contributed by atoms with van der Waals surface area (Å²) in [5.74, 6) is 0.765. The largest absolute Gasteiger partial charge is 0.509 e. The topological polar surface area (TPSA) is 43.7 Å². The van der Waals surface area contributed by atoms with E-state index in [-0.39, 0.29) is 44.1 Å². The molecule has 0 spiro atoms. The molecule has 6 nitrogen and oxygen atoms in total. The van der Waals surface area contributed by atoms with Crippen LogP contribution < -0.4 is 4.57 Å². The van der Waals surface area contributed by atoms with Gasteiger partial charge in [0.15, 0.2) is 0 Å². The number of hydrogen-bond acceptors (Lipinski definition) is 2. The third-order valence-electron chi connectivity index (χ3n) is 17.9. The fraction of sp³-hybridized carbons (Fsp3) is 0.0488. The van der Waals surface area contributed by atoms with E-state index in [2.05, 4.69) is 247 Å². The Kier molecular flexibility index (Phi) is 10.8. The normalized spacial score (nSPS) is 12.9. The summed E-state index contributed by atoms with van der Waals surface area (Å²) in [4.78, 5) is 5.04. The average Bonchev–Trinajstić information content (AvgIpc) is 1.55. The van der Waals surface area contributed by atoms with Crippen molar-refractivity contribution in [3.05, 3.63) is 291 Å². The van der Waals surface area contributed by atoms with E-state index in [0.29, 0.717) is 27.8 Å². The molecule has 0 aliphatic carbocycles.